The zero-order valence-corrected chi connectivity index (χ0v) is 18.5. The lowest BCUT2D eigenvalue weighted by Crippen LogP contribution is -2.16. The van der Waals surface area contributed by atoms with Gasteiger partial charge in [0.25, 0.3) is 16.1 Å². The summed E-state index contributed by atoms with van der Waals surface area (Å²) in [5.74, 6) is 0. The van der Waals surface area contributed by atoms with Crippen LogP contribution in [-0.2, 0) is 21.8 Å². The summed E-state index contributed by atoms with van der Waals surface area (Å²) in [4.78, 5) is 8.44. The minimum absolute atomic E-state index is 0.134. The first-order valence-corrected chi connectivity index (χ1v) is 11.9. The highest BCUT2D eigenvalue weighted by Gasteiger charge is 2.46. The molecule has 0 aliphatic carbocycles. The third-order valence-corrected chi connectivity index (χ3v) is 7.94. The van der Waals surface area contributed by atoms with Crippen LogP contribution in [0, 0.1) is 6.57 Å². The van der Waals surface area contributed by atoms with Gasteiger partial charge in [-0.25, -0.2) is 23.9 Å². The Labute approximate surface area is 190 Å². The number of aryl methyl sites for hydroxylation is 1. The summed E-state index contributed by atoms with van der Waals surface area (Å²) in [5, 5.41) is 4.97. The highest BCUT2D eigenvalue weighted by molar-refractivity contribution is 7.90. The maximum atomic E-state index is 13.5. The minimum atomic E-state index is -3.84. The quantitative estimate of drug-likeness (QED) is 0.438. The molecule has 1 fully saturated rings. The molecule has 33 heavy (non-hydrogen) atoms. The second kappa shape index (κ2) is 7.13. The van der Waals surface area contributed by atoms with Crippen LogP contribution in [0.15, 0.2) is 72.2 Å². The summed E-state index contributed by atoms with van der Waals surface area (Å²) >= 11 is 0. The molecular weight excluding hydrogens is 438 g/mol. The molecule has 4 aromatic rings. The number of fused-ring (bicyclic) bond motifs is 3. The Hall–Kier alpha value is -3.74. The fourth-order valence-electron chi connectivity index (χ4n) is 4.65. The van der Waals surface area contributed by atoms with E-state index < -0.39 is 10.0 Å². The molecule has 164 valence electrons. The van der Waals surface area contributed by atoms with Crippen LogP contribution in [0.5, 0.6) is 0 Å². The molecule has 0 N–H and O–H groups in total. The van der Waals surface area contributed by atoms with Crippen LogP contribution < -0.4 is 0 Å². The van der Waals surface area contributed by atoms with Crippen molar-refractivity contribution < 1.29 is 13.2 Å². The van der Waals surface area contributed by atoms with E-state index in [1.54, 1.807) is 53.6 Å². The van der Waals surface area contributed by atoms with E-state index in [-0.39, 0.29) is 23.1 Å². The van der Waals surface area contributed by atoms with Crippen LogP contribution in [0.1, 0.15) is 12.0 Å². The van der Waals surface area contributed by atoms with Gasteiger partial charge in [0.15, 0.2) is 11.8 Å². The van der Waals surface area contributed by atoms with Crippen molar-refractivity contribution in [3.63, 3.8) is 0 Å². The van der Waals surface area contributed by atoms with Gasteiger partial charge in [0.2, 0.25) is 0 Å². The average molecular weight is 458 g/mol. The Morgan fingerprint density at radius 3 is 2.64 bits per heavy atom. The Morgan fingerprint density at radius 2 is 1.97 bits per heavy atom. The van der Waals surface area contributed by atoms with Crippen molar-refractivity contribution in [2.45, 2.75) is 29.6 Å². The second-order valence-corrected chi connectivity index (χ2v) is 10.1. The molecular formula is C24H19N5O3S. The summed E-state index contributed by atoms with van der Waals surface area (Å²) < 4.78 is 35.8. The first-order chi connectivity index (χ1) is 16.0. The fraction of sp³-hybridized carbons (Fsp3) is 0.208. The van der Waals surface area contributed by atoms with Crippen molar-refractivity contribution in [1.82, 2.24) is 18.7 Å². The van der Waals surface area contributed by atoms with E-state index in [0.29, 0.717) is 17.5 Å². The lowest BCUT2D eigenvalue weighted by molar-refractivity contribution is 0.123. The molecule has 1 aromatic carbocycles. The van der Waals surface area contributed by atoms with Crippen molar-refractivity contribution in [3.8, 4) is 11.1 Å². The largest absolute Gasteiger partial charge is 0.358 e. The van der Waals surface area contributed by atoms with E-state index in [0.717, 1.165) is 22.3 Å². The minimum Gasteiger partial charge on any atom is -0.358 e. The molecule has 1 saturated heterocycles. The van der Waals surface area contributed by atoms with Gasteiger partial charge in [-0.1, -0.05) is 18.2 Å². The van der Waals surface area contributed by atoms with Gasteiger partial charge in [-0.3, -0.25) is 4.68 Å². The van der Waals surface area contributed by atoms with E-state index in [9.17, 15) is 8.42 Å². The zero-order valence-electron chi connectivity index (χ0n) is 17.7. The summed E-state index contributed by atoms with van der Waals surface area (Å²) in [6.07, 6.45) is 9.20. The number of nitrogens with zero attached hydrogens (tertiary/aromatic N) is 5. The number of benzene rings is 1. The maximum absolute atomic E-state index is 13.5. The molecule has 2 aliphatic heterocycles. The van der Waals surface area contributed by atoms with Gasteiger partial charge in [-0.15, -0.1) is 0 Å². The Bertz CT molecular complexity index is 1580. The topological polar surface area (TPSA) is 83.4 Å². The second-order valence-electron chi connectivity index (χ2n) is 8.30. The predicted octanol–water partition coefficient (Wildman–Crippen LogP) is 3.52. The van der Waals surface area contributed by atoms with Crippen molar-refractivity contribution in [1.29, 1.82) is 0 Å². The number of hydrogen-bond donors (Lipinski definition) is 0. The van der Waals surface area contributed by atoms with Crippen LogP contribution in [0.25, 0.3) is 32.6 Å². The Morgan fingerprint density at radius 1 is 1.15 bits per heavy atom. The molecule has 6 rings (SSSR count). The predicted molar refractivity (Wildman–Crippen MR) is 123 cm³/mol. The van der Waals surface area contributed by atoms with Crippen LogP contribution >= 0.6 is 0 Å². The van der Waals surface area contributed by atoms with E-state index in [2.05, 4.69) is 14.9 Å². The van der Waals surface area contributed by atoms with Gasteiger partial charge in [0, 0.05) is 42.2 Å². The molecule has 2 bridgehead atoms. The van der Waals surface area contributed by atoms with Crippen LogP contribution in [0.3, 0.4) is 0 Å². The van der Waals surface area contributed by atoms with Crippen LogP contribution in [-0.4, -0.2) is 45.4 Å². The third kappa shape index (κ3) is 3.03. The van der Waals surface area contributed by atoms with Gasteiger partial charge in [0.1, 0.15) is 0 Å². The zero-order chi connectivity index (χ0) is 22.7. The number of hydrogen-bond acceptors (Lipinski definition) is 5. The van der Waals surface area contributed by atoms with Gasteiger partial charge in [0.05, 0.1) is 23.6 Å². The van der Waals surface area contributed by atoms with Crippen molar-refractivity contribution in [2.24, 2.45) is 7.05 Å². The monoisotopic (exact) mass is 457 g/mol. The molecule has 3 aromatic heterocycles. The molecule has 0 radical (unpaired) electrons. The van der Waals surface area contributed by atoms with Gasteiger partial charge in [-0.05, 0) is 35.4 Å². The molecule has 9 heteroatoms. The molecule has 2 aliphatic rings. The van der Waals surface area contributed by atoms with Gasteiger partial charge >= 0.3 is 0 Å². The summed E-state index contributed by atoms with van der Waals surface area (Å²) in [5.41, 5.74) is 3.76. The van der Waals surface area contributed by atoms with Gasteiger partial charge in [-0.2, -0.15) is 5.10 Å². The summed E-state index contributed by atoms with van der Waals surface area (Å²) in [6, 6.07) is 10.1. The Kier molecular flexibility index (Phi) is 4.30. The molecule has 5 heterocycles. The fourth-order valence-corrected chi connectivity index (χ4v) is 5.99. The summed E-state index contributed by atoms with van der Waals surface area (Å²) in [6.45, 7) is 7.33. The van der Waals surface area contributed by atoms with Crippen LogP contribution in [0.2, 0.25) is 0 Å². The van der Waals surface area contributed by atoms with Crippen molar-refractivity contribution in [2.75, 3.05) is 0 Å². The van der Waals surface area contributed by atoms with Crippen molar-refractivity contribution >= 4 is 26.6 Å². The average Bonchev–Trinajstić information content (AvgIpc) is 3.61. The van der Waals surface area contributed by atoms with E-state index in [1.807, 2.05) is 25.4 Å². The molecule has 0 spiro atoms. The summed E-state index contributed by atoms with van der Waals surface area (Å²) in [7, 11) is -2.02. The smallest absolute Gasteiger partial charge is 0.269 e. The highest BCUT2D eigenvalue weighted by atomic mass is 32.2. The molecule has 0 saturated carbocycles. The van der Waals surface area contributed by atoms with E-state index in [4.69, 9.17) is 11.3 Å². The maximum Gasteiger partial charge on any atom is 0.269 e. The highest BCUT2D eigenvalue weighted by Crippen LogP contribution is 2.42. The molecule has 0 amide bonds. The third-order valence-electron chi connectivity index (χ3n) is 6.27. The number of pyridine rings is 1. The lowest BCUT2D eigenvalue weighted by Gasteiger charge is -2.12. The number of ether oxygens (including phenoxy) is 1. The molecule has 3 atom stereocenters. The van der Waals surface area contributed by atoms with Crippen LogP contribution in [0.4, 0.5) is 0 Å². The Balaban J connectivity index is 1.55. The first-order valence-electron chi connectivity index (χ1n) is 10.5. The number of aromatic nitrogens is 4. The SMILES string of the molecule is [C-]#[N+][C@H]1C[C@@H]2O[C@H]1C=C2c1cnc2c(c1)c(-c1cnn(C)c1)cn2S(=O)(=O)c1ccccc1. The van der Waals surface area contributed by atoms with E-state index >= 15 is 0 Å². The van der Waals surface area contributed by atoms with Gasteiger partial charge < -0.3 is 9.58 Å². The van der Waals surface area contributed by atoms with E-state index in [1.165, 1.54) is 3.97 Å². The molecule has 0 unspecified atom stereocenters. The standard InChI is InChI=1S/C24H19N5O3S/c1-25-21-10-22-18(9-23(21)32-22)15-8-19-20(16-12-27-28(2)13-16)14-29(24(19)26-11-15)33(30,31)17-6-4-3-5-7-17/h3-9,11-14,21-23H,10H2,2H3/t21-,22-,23-/m0/s1. The number of rotatable bonds is 4. The lowest BCUT2D eigenvalue weighted by atomic mass is 9.91. The molecule has 8 nitrogen and oxygen atoms in total. The first kappa shape index (κ1) is 19.9. The normalized spacial score (nSPS) is 21.9. The van der Waals surface area contributed by atoms with Crippen molar-refractivity contribution in [3.05, 3.63) is 84.2 Å².